The van der Waals surface area contributed by atoms with Gasteiger partial charge in [0, 0.05) is 49.5 Å². The number of rotatable bonds is 2. The first-order valence-corrected chi connectivity index (χ1v) is 6.39. The standard InChI is InChI=1S/C14H17N3O2/c1-19-17-8-6-16(7-9-17)14-4-5-15-13-10-11(18)2-3-12(13)14/h2-5,10,18H,6-9H2,1H3. The molecule has 0 radical (unpaired) electrons. The SMILES string of the molecule is CON1CCN(c2ccnc3cc(O)ccc23)CC1. The quantitative estimate of drug-likeness (QED) is 0.888. The summed E-state index contributed by atoms with van der Waals surface area (Å²) in [6.45, 7) is 3.62. The van der Waals surface area contributed by atoms with Gasteiger partial charge < -0.3 is 14.8 Å². The summed E-state index contributed by atoms with van der Waals surface area (Å²) in [6, 6.07) is 7.36. The van der Waals surface area contributed by atoms with Crippen LogP contribution in [0.15, 0.2) is 30.5 Å². The molecule has 1 saturated heterocycles. The van der Waals surface area contributed by atoms with Crippen molar-refractivity contribution in [1.29, 1.82) is 0 Å². The van der Waals surface area contributed by atoms with Gasteiger partial charge in [-0.2, -0.15) is 5.06 Å². The molecule has 0 saturated carbocycles. The van der Waals surface area contributed by atoms with E-state index >= 15 is 0 Å². The maximum atomic E-state index is 9.52. The summed E-state index contributed by atoms with van der Waals surface area (Å²) in [5.74, 6) is 0.251. The summed E-state index contributed by atoms with van der Waals surface area (Å²) in [6.07, 6.45) is 1.79. The summed E-state index contributed by atoms with van der Waals surface area (Å²) in [5, 5.41) is 12.6. The average molecular weight is 259 g/mol. The van der Waals surface area contributed by atoms with Crippen LogP contribution in [-0.4, -0.2) is 48.4 Å². The Balaban J connectivity index is 1.93. The number of phenols is 1. The normalized spacial score (nSPS) is 17.0. The second-order valence-corrected chi connectivity index (χ2v) is 4.63. The molecule has 1 aliphatic rings. The summed E-state index contributed by atoms with van der Waals surface area (Å²) in [5.41, 5.74) is 1.99. The van der Waals surface area contributed by atoms with Gasteiger partial charge in [-0.15, -0.1) is 0 Å². The summed E-state index contributed by atoms with van der Waals surface area (Å²) < 4.78 is 0. The molecule has 1 aromatic heterocycles. The van der Waals surface area contributed by atoms with Crippen LogP contribution in [0, 0.1) is 0 Å². The van der Waals surface area contributed by atoms with Gasteiger partial charge in [-0.25, -0.2) is 0 Å². The number of anilines is 1. The number of aromatic hydroxyl groups is 1. The van der Waals surface area contributed by atoms with Crippen molar-refractivity contribution in [2.45, 2.75) is 0 Å². The van der Waals surface area contributed by atoms with E-state index in [9.17, 15) is 5.11 Å². The molecular formula is C14H17N3O2. The zero-order chi connectivity index (χ0) is 13.2. The molecule has 0 bridgehead atoms. The van der Waals surface area contributed by atoms with Gasteiger partial charge in [0.15, 0.2) is 0 Å². The molecule has 0 amide bonds. The van der Waals surface area contributed by atoms with Gasteiger partial charge in [-0.1, -0.05) is 0 Å². The fraction of sp³-hybridized carbons (Fsp3) is 0.357. The van der Waals surface area contributed by atoms with Crippen LogP contribution >= 0.6 is 0 Å². The lowest BCUT2D eigenvalue weighted by Gasteiger charge is -2.35. The van der Waals surface area contributed by atoms with Crippen LogP contribution in [0.3, 0.4) is 0 Å². The third-order valence-corrected chi connectivity index (χ3v) is 3.54. The van der Waals surface area contributed by atoms with E-state index in [4.69, 9.17) is 4.84 Å². The van der Waals surface area contributed by atoms with Crippen molar-refractivity contribution in [1.82, 2.24) is 10.0 Å². The molecule has 2 heterocycles. The third-order valence-electron chi connectivity index (χ3n) is 3.54. The van der Waals surface area contributed by atoms with Crippen molar-refractivity contribution < 1.29 is 9.94 Å². The predicted molar refractivity (Wildman–Crippen MR) is 74.2 cm³/mol. The minimum absolute atomic E-state index is 0.251. The van der Waals surface area contributed by atoms with E-state index in [1.165, 1.54) is 5.69 Å². The second kappa shape index (κ2) is 5.03. The number of fused-ring (bicyclic) bond motifs is 1. The average Bonchev–Trinajstić information content (AvgIpc) is 2.46. The van der Waals surface area contributed by atoms with Gasteiger partial charge in [-0.3, -0.25) is 4.98 Å². The number of benzene rings is 1. The van der Waals surface area contributed by atoms with E-state index in [0.717, 1.165) is 37.1 Å². The van der Waals surface area contributed by atoms with Gasteiger partial charge in [0.1, 0.15) is 5.75 Å². The lowest BCUT2D eigenvalue weighted by Crippen LogP contribution is -2.45. The van der Waals surface area contributed by atoms with Crippen LogP contribution in [-0.2, 0) is 4.84 Å². The molecule has 0 atom stereocenters. The Morgan fingerprint density at radius 1 is 1.16 bits per heavy atom. The number of hydrogen-bond donors (Lipinski definition) is 1. The van der Waals surface area contributed by atoms with E-state index in [1.807, 2.05) is 17.2 Å². The molecule has 100 valence electrons. The summed E-state index contributed by atoms with van der Waals surface area (Å²) >= 11 is 0. The van der Waals surface area contributed by atoms with Crippen LogP contribution in [0.25, 0.3) is 10.9 Å². The fourth-order valence-electron chi connectivity index (χ4n) is 2.51. The predicted octanol–water partition coefficient (Wildman–Crippen LogP) is 1.62. The van der Waals surface area contributed by atoms with Crippen molar-refractivity contribution in [3.63, 3.8) is 0 Å². The Morgan fingerprint density at radius 3 is 2.68 bits per heavy atom. The molecule has 1 N–H and O–H groups in total. The molecule has 5 nitrogen and oxygen atoms in total. The maximum absolute atomic E-state index is 9.52. The van der Waals surface area contributed by atoms with Gasteiger partial charge in [-0.05, 0) is 18.2 Å². The lowest BCUT2D eigenvalue weighted by molar-refractivity contribution is -0.133. The minimum atomic E-state index is 0.251. The molecule has 3 rings (SSSR count). The van der Waals surface area contributed by atoms with E-state index in [2.05, 4.69) is 9.88 Å². The number of hydrogen-bond acceptors (Lipinski definition) is 5. The fourth-order valence-corrected chi connectivity index (χ4v) is 2.51. The molecule has 1 aromatic carbocycles. The number of nitrogens with zero attached hydrogens (tertiary/aromatic N) is 3. The Morgan fingerprint density at radius 2 is 1.95 bits per heavy atom. The molecular weight excluding hydrogens is 242 g/mol. The largest absolute Gasteiger partial charge is 0.508 e. The molecule has 1 aliphatic heterocycles. The van der Waals surface area contributed by atoms with Crippen molar-refractivity contribution in [2.75, 3.05) is 38.2 Å². The lowest BCUT2D eigenvalue weighted by atomic mass is 10.1. The zero-order valence-electron chi connectivity index (χ0n) is 10.9. The number of pyridine rings is 1. The maximum Gasteiger partial charge on any atom is 0.117 e. The van der Waals surface area contributed by atoms with Crippen LogP contribution in [0.4, 0.5) is 5.69 Å². The molecule has 19 heavy (non-hydrogen) atoms. The Hall–Kier alpha value is -1.85. The monoisotopic (exact) mass is 259 g/mol. The molecule has 0 unspecified atom stereocenters. The van der Waals surface area contributed by atoms with Gasteiger partial charge in [0.2, 0.25) is 0 Å². The van der Waals surface area contributed by atoms with Crippen LogP contribution in [0.1, 0.15) is 0 Å². The molecule has 5 heteroatoms. The van der Waals surface area contributed by atoms with Gasteiger partial charge >= 0.3 is 0 Å². The Bertz CT molecular complexity index is 580. The summed E-state index contributed by atoms with van der Waals surface area (Å²) in [4.78, 5) is 11.9. The highest BCUT2D eigenvalue weighted by atomic mass is 16.7. The highest BCUT2D eigenvalue weighted by Crippen LogP contribution is 2.28. The Labute approximate surface area is 112 Å². The van der Waals surface area contributed by atoms with E-state index in [0.29, 0.717) is 0 Å². The number of piperazine rings is 1. The Kier molecular flexibility index (Phi) is 3.23. The van der Waals surface area contributed by atoms with Gasteiger partial charge in [0.05, 0.1) is 12.6 Å². The minimum Gasteiger partial charge on any atom is -0.508 e. The second-order valence-electron chi connectivity index (χ2n) is 4.63. The smallest absolute Gasteiger partial charge is 0.117 e. The van der Waals surface area contributed by atoms with Gasteiger partial charge in [0.25, 0.3) is 0 Å². The highest BCUT2D eigenvalue weighted by Gasteiger charge is 2.18. The number of phenolic OH excluding ortho intramolecular Hbond substituents is 1. The van der Waals surface area contributed by atoms with Crippen molar-refractivity contribution in [3.05, 3.63) is 30.5 Å². The first-order valence-electron chi connectivity index (χ1n) is 6.39. The molecule has 1 fully saturated rings. The molecule has 2 aromatic rings. The molecule has 0 spiro atoms. The van der Waals surface area contributed by atoms with Crippen molar-refractivity contribution in [2.24, 2.45) is 0 Å². The van der Waals surface area contributed by atoms with Crippen molar-refractivity contribution >= 4 is 16.6 Å². The van der Waals surface area contributed by atoms with Crippen molar-refractivity contribution in [3.8, 4) is 5.75 Å². The first kappa shape index (κ1) is 12.2. The topological polar surface area (TPSA) is 48.8 Å². The van der Waals surface area contributed by atoms with E-state index < -0.39 is 0 Å². The van der Waals surface area contributed by atoms with E-state index in [1.54, 1.807) is 25.4 Å². The highest BCUT2D eigenvalue weighted by molar-refractivity contribution is 5.92. The summed E-state index contributed by atoms with van der Waals surface area (Å²) in [7, 11) is 1.71. The van der Waals surface area contributed by atoms with Crippen LogP contribution < -0.4 is 4.90 Å². The van der Waals surface area contributed by atoms with E-state index in [-0.39, 0.29) is 5.75 Å². The molecule has 0 aliphatic carbocycles. The van der Waals surface area contributed by atoms with Crippen LogP contribution in [0.5, 0.6) is 5.75 Å². The van der Waals surface area contributed by atoms with Crippen LogP contribution in [0.2, 0.25) is 0 Å². The number of aromatic nitrogens is 1. The third kappa shape index (κ3) is 2.34. The number of hydroxylamine groups is 2. The zero-order valence-corrected chi connectivity index (χ0v) is 10.9. The first-order chi connectivity index (χ1) is 9.28.